The molecule has 2 aromatic rings. The van der Waals surface area contributed by atoms with Gasteiger partial charge >= 0.3 is 0 Å². The molecule has 0 aliphatic carbocycles. The summed E-state index contributed by atoms with van der Waals surface area (Å²) in [6, 6.07) is 14.1. The molecule has 0 aromatic heterocycles. The molecule has 2 rings (SSSR count). The standard InChI is InChI=1S/C17H19BrO2/c1-12(2)16-10-14(18)7-8-17(16)20-11-13-5-4-6-15(9-13)19-3/h4-10,12H,11H2,1-3H3. The Kier molecular flexibility index (Phi) is 5.07. The molecule has 2 aromatic carbocycles. The lowest BCUT2D eigenvalue weighted by molar-refractivity contribution is 0.301. The predicted molar refractivity (Wildman–Crippen MR) is 85.6 cm³/mol. The average molecular weight is 335 g/mol. The van der Waals surface area contributed by atoms with Gasteiger partial charge in [0, 0.05) is 4.47 Å². The molecule has 0 atom stereocenters. The van der Waals surface area contributed by atoms with Crippen LogP contribution in [0.1, 0.15) is 30.9 Å². The second-order valence-corrected chi connectivity index (χ2v) is 5.89. The van der Waals surface area contributed by atoms with Crippen LogP contribution in [0, 0.1) is 0 Å². The second kappa shape index (κ2) is 6.80. The smallest absolute Gasteiger partial charge is 0.123 e. The first kappa shape index (κ1) is 14.9. The normalized spacial score (nSPS) is 10.7. The summed E-state index contributed by atoms with van der Waals surface area (Å²) >= 11 is 3.51. The van der Waals surface area contributed by atoms with Crippen molar-refractivity contribution < 1.29 is 9.47 Å². The van der Waals surface area contributed by atoms with E-state index < -0.39 is 0 Å². The van der Waals surface area contributed by atoms with Crippen molar-refractivity contribution in [2.24, 2.45) is 0 Å². The number of hydrogen-bond acceptors (Lipinski definition) is 2. The van der Waals surface area contributed by atoms with E-state index in [9.17, 15) is 0 Å². The highest BCUT2D eigenvalue weighted by molar-refractivity contribution is 9.10. The Labute approximate surface area is 128 Å². The quantitative estimate of drug-likeness (QED) is 0.751. The van der Waals surface area contributed by atoms with Crippen molar-refractivity contribution in [2.75, 3.05) is 7.11 Å². The van der Waals surface area contributed by atoms with Crippen LogP contribution in [-0.2, 0) is 6.61 Å². The summed E-state index contributed by atoms with van der Waals surface area (Å²) < 4.78 is 12.3. The van der Waals surface area contributed by atoms with Crippen molar-refractivity contribution in [2.45, 2.75) is 26.4 Å². The molecule has 0 spiro atoms. The minimum Gasteiger partial charge on any atom is -0.497 e. The van der Waals surface area contributed by atoms with Gasteiger partial charge in [0.05, 0.1) is 7.11 Å². The fraction of sp³-hybridized carbons (Fsp3) is 0.294. The van der Waals surface area contributed by atoms with Gasteiger partial charge in [0.2, 0.25) is 0 Å². The van der Waals surface area contributed by atoms with Gasteiger partial charge in [0.1, 0.15) is 18.1 Å². The number of hydrogen-bond donors (Lipinski definition) is 0. The maximum absolute atomic E-state index is 5.96. The molecule has 0 bridgehead atoms. The van der Waals surface area contributed by atoms with Crippen LogP contribution in [0.5, 0.6) is 11.5 Å². The first-order valence-corrected chi connectivity index (χ1v) is 7.44. The largest absolute Gasteiger partial charge is 0.497 e. The van der Waals surface area contributed by atoms with E-state index in [0.29, 0.717) is 12.5 Å². The van der Waals surface area contributed by atoms with Gasteiger partial charge in [0.25, 0.3) is 0 Å². The monoisotopic (exact) mass is 334 g/mol. The highest BCUT2D eigenvalue weighted by Gasteiger charge is 2.09. The molecule has 2 nitrogen and oxygen atoms in total. The summed E-state index contributed by atoms with van der Waals surface area (Å²) in [6.45, 7) is 4.87. The SMILES string of the molecule is COc1cccc(COc2ccc(Br)cc2C(C)C)c1. The third-order valence-electron chi connectivity index (χ3n) is 3.12. The maximum Gasteiger partial charge on any atom is 0.123 e. The molecule has 0 aliphatic rings. The van der Waals surface area contributed by atoms with E-state index in [0.717, 1.165) is 21.5 Å². The molecule has 0 amide bonds. The zero-order valence-corrected chi connectivity index (χ0v) is 13.6. The second-order valence-electron chi connectivity index (χ2n) is 4.98. The lowest BCUT2D eigenvalue weighted by atomic mass is 10.0. The molecule has 0 unspecified atom stereocenters. The zero-order chi connectivity index (χ0) is 14.5. The highest BCUT2D eigenvalue weighted by Crippen LogP contribution is 2.30. The summed E-state index contributed by atoms with van der Waals surface area (Å²) in [5, 5.41) is 0. The lowest BCUT2D eigenvalue weighted by Gasteiger charge is -2.15. The van der Waals surface area contributed by atoms with E-state index in [1.807, 2.05) is 36.4 Å². The third kappa shape index (κ3) is 3.76. The fourth-order valence-corrected chi connectivity index (χ4v) is 2.40. The van der Waals surface area contributed by atoms with Crippen LogP contribution in [0.3, 0.4) is 0 Å². The van der Waals surface area contributed by atoms with Crippen molar-refractivity contribution in [3.05, 3.63) is 58.1 Å². The predicted octanol–water partition coefficient (Wildman–Crippen LogP) is 5.16. The molecule has 0 heterocycles. The highest BCUT2D eigenvalue weighted by atomic mass is 79.9. The summed E-state index contributed by atoms with van der Waals surface area (Å²) in [6.07, 6.45) is 0. The van der Waals surface area contributed by atoms with Gasteiger partial charge in [-0.3, -0.25) is 0 Å². The minimum absolute atomic E-state index is 0.424. The van der Waals surface area contributed by atoms with E-state index in [1.165, 1.54) is 5.56 Å². The summed E-state index contributed by atoms with van der Waals surface area (Å²) in [5.41, 5.74) is 2.31. The molecule has 0 fully saturated rings. The number of benzene rings is 2. The third-order valence-corrected chi connectivity index (χ3v) is 3.62. The number of halogens is 1. The van der Waals surface area contributed by atoms with Crippen molar-refractivity contribution >= 4 is 15.9 Å². The molecule has 0 saturated carbocycles. The van der Waals surface area contributed by atoms with Crippen LogP contribution in [0.15, 0.2) is 46.9 Å². The van der Waals surface area contributed by atoms with E-state index in [2.05, 4.69) is 35.8 Å². The van der Waals surface area contributed by atoms with Gasteiger partial charge in [-0.05, 0) is 47.4 Å². The Morgan fingerprint density at radius 1 is 1.10 bits per heavy atom. The first-order chi connectivity index (χ1) is 9.60. The molecule has 0 radical (unpaired) electrons. The summed E-state index contributed by atoms with van der Waals surface area (Å²) in [7, 11) is 1.67. The van der Waals surface area contributed by atoms with E-state index >= 15 is 0 Å². The molecular weight excluding hydrogens is 316 g/mol. The molecule has 0 aliphatic heterocycles. The van der Waals surface area contributed by atoms with E-state index in [4.69, 9.17) is 9.47 Å². The Hall–Kier alpha value is -1.48. The molecular formula is C17H19BrO2. The Bertz CT molecular complexity index is 579. The number of ether oxygens (including phenoxy) is 2. The van der Waals surface area contributed by atoms with Gasteiger partial charge in [-0.1, -0.05) is 41.9 Å². The Morgan fingerprint density at radius 2 is 1.90 bits per heavy atom. The van der Waals surface area contributed by atoms with Crippen LogP contribution in [0.25, 0.3) is 0 Å². The fourth-order valence-electron chi connectivity index (χ4n) is 2.03. The van der Waals surface area contributed by atoms with Crippen LogP contribution < -0.4 is 9.47 Å². The van der Waals surface area contributed by atoms with Crippen LogP contribution in [-0.4, -0.2) is 7.11 Å². The van der Waals surface area contributed by atoms with E-state index in [1.54, 1.807) is 7.11 Å². The van der Waals surface area contributed by atoms with Gasteiger partial charge < -0.3 is 9.47 Å². The Morgan fingerprint density at radius 3 is 2.60 bits per heavy atom. The van der Waals surface area contributed by atoms with E-state index in [-0.39, 0.29) is 0 Å². The van der Waals surface area contributed by atoms with Crippen LogP contribution in [0.2, 0.25) is 0 Å². The van der Waals surface area contributed by atoms with Crippen LogP contribution >= 0.6 is 15.9 Å². The minimum atomic E-state index is 0.424. The average Bonchev–Trinajstić information content (AvgIpc) is 2.46. The van der Waals surface area contributed by atoms with Gasteiger partial charge in [-0.25, -0.2) is 0 Å². The van der Waals surface area contributed by atoms with Crippen LogP contribution in [0.4, 0.5) is 0 Å². The molecule has 0 N–H and O–H groups in total. The van der Waals surface area contributed by atoms with Crippen molar-refractivity contribution in [1.29, 1.82) is 0 Å². The topological polar surface area (TPSA) is 18.5 Å². The maximum atomic E-state index is 5.96. The summed E-state index contributed by atoms with van der Waals surface area (Å²) in [5.74, 6) is 2.21. The van der Waals surface area contributed by atoms with Crippen molar-refractivity contribution in [3.8, 4) is 11.5 Å². The first-order valence-electron chi connectivity index (χ1n) is 6.65. The van der Waals surface area contributed by atoms with Crippen molar-refractivity contribution in [3.63, 3.8) is 0 Å². The lowest BCUT2D eigenvalue weighted by Crippen LogP contribution is -2.00. The number of rotatable bonds is 5. The molecule has 0 saturated heterocycles. The molecule has 3 heteroatoms. The number of methoxy groups -OCH3 is 1. The molecule has 106 valence electrons. The van der Waals surface area contributed by atoms with Gasteiger partial charge in [-0.2, -0.15) is 0 Å². The van der Waals surface area contributed by atoms with Crippen molar-refractivity contribution in [1.82, 2.24) is 0 Å². The molecule has 20 heavy (non-hydrogen) atoms. The van der Waals surface area contributed by atoms with Gasteiger partial charge in [0.15, 0.2) is 0 Å². The Balaban J connectivity index is 2.14. The zero-order valence-electron chi connectivity index (χ0n) is 12.0. The summed E-state index contributed by atoms with van der Waals surface area (Å²) in [4.78, 5) is 0. The van der Waals surface area contributed by atoms with Gasteiger partial charge in [-0.15, -0.1) is 0 Å².